The molecule has 0 saturated carbocycles. The minimum Gasteiger partial charge on any atom is -0.493 e. The quantitative estimate of drug-likeness (QED) is 0.457. The van der Waals surface area contributed by atoms with Crippen molar-refractivity contribution in [2.45, 2.75) is 52.2 Å². The summed E-state index contributed by atoms with van der Waals surface area (Å²) in [5, 5.41) is 10.1. The number of hydrogen-bond acceptors (Lipinski definition) is 9. The summed E-state index contributed by atoms with van der Waals surface area (Å²) in [6, 6.07) is 4.22. The maximum atomic E-state index is 12.4. The number of aromatic nitrogens is 1. The standard InChI is InChI=1S/C24H33N3O6S/c1-15(2)33-23(30)22(25)19-14-18(6-4-17(19)5-7-21(28)29)32-11-8-20-16(3)34-24(26-20)27-9-12-31-13-10-27/h4,6,14-15,22H,5,7-13,25H2,1-3H3,(H,28,29). The van der Waals surface area contributed by atoms with Crippen LogP contribution in [-0.4, -0.2) is 61.0 Å². The van der Waals surface area contributed by atoms with E-state index in [1.54, 1.807) is 43.4 Å². The molecule has 3 rings (SSSR count). The van der Waals surface area contributed by atoms with Crippen molar-refractivity contribution in [3.63, 3.8) is 0 Å². The lowest BCUT2D eigenvalue weighted by Gasteiger charge is -2.26. The van der Waals surface area contributed by atoms with Gasteiger partial charge in [-0.3, -0.25) is 4.79 Å². The SMILES string of the molecule is Cc1sc(N2CCOCC2)nc1CCOc1ccc(CCC(=O)O)c(C(N)C(=O)OC(C)C)c1. The van der Waals surface area contributed by atoms with Crippen molar-refractivity contribution in [3.8, 4) is 5.75 Å². The fourth-order valence-corrected chi connectivity index (χ4v) is 4.66. The summed E-state index contributed by atoms with van der Waals surface area (Å²) in [4.78, 5) is 31.6. The van der Waals surface area contributed by atoms with Gasteiger partial charge in [0.1, 0.15) is 11.8 Å². The summed E-state index contributed by atoms with van der Waals surface area (Å²) in [7, 11) is 0. The van der Waals surface area contributed by atoms with Crippen molar-refractivity contribution in [1.29, 1.82) is 0 Å². The van der Waals surface area contributed by atoms with Crippen molar-refractivity contribution in [1.82, 2.24) is 4.98 Å². The molecule has 34 heavy (non-hydrogen) atoms. The first-order valence-electron chi connectivity index (χ1n) is 11.5. The Labute approximate surface area is 203 Å². The zero-order valence-corrected chi connectivity index (χ0v) is 20.7. The number of esters is 1. The smallest absolute Gasteiger partial charge is 0.327 e. The van der Waals surface area contributed by atoms with Crippen LogP contribution in [0.2, 0.25) is 0 Å². The number of carboxylic acids is 1. The molecule has 0 amide bonds. The van der Waals surface area contributed by atoms with Crippen LogP contribution in [0.25, 0.3) is 0 Å². The largest absolute Gasteiger partial charge is 0.493 e. The summed E-state index contributed by atoms with van der Waals surface area (Å²) in [6.07, 6.45) is 0.539. The van der Waals surface area contributed by atoms with Crippen molar-refractivity contribution < 1.29 is 28.9 Å². The summed E-state index contributed by atoms with van der Waals surface area (Å²) in [5.41, 5.74) is 8.38. The van der Waals surface area contributed by atoms with Crippen LogP contribution in [0.4, 0.5) is 5.13 Å². The predicted octanol–water partition coefficient (Wildman–Crippen LogP) is 2.88. The van der Waals surface area contributed by atoms with Crippen molar-refractivity contribution in [2.24, 2.45) is 5.73 Å². The second-order valence-electron chi connectivity index (χ2n) is 8.41. The Bertz CT molecular complexity index is 987. The first-order chi connectivity index (χ1) is 16.2. The Kier molecular flexibility index (Phi) is 9.26. The molecule has 2 heterocycles. The van der Waals surface area contributed by atoms with Gasteiger partial charge in [0.2, 0.25) is 0 Å². The zero-order valence-electron chi connectivity index (χ0n) is 19.9. The first kappa shape index (κ1) is 25.9. The summed E-state index contributed by atoms with van der Waals surface area (Å²) in [6.45, 7) is 9.10. The van der Waals surface area contributed by atoms with Gasteiger partial charge in [0, 0.05) is 30.8 Å². The molecule has 1 aliphatic rings. The van der Waals surface area contributed by atoms with Gasteiger partial charge in [-0.1, -0.05) is 6.07 Å². The lowest BCUT2D eigenvalue weighted by Crippen LogP contribution is -2.36. The number of benzene rings is 1. The van der Waals surface area contributed by atoms with E-state index >= 15 is 0 Å². The van der Waals surface area contributed by atoms with E-state index in [0.29, 0.717) is 43.1 Å². The van der Waals surface area contributed by atoms with Crippen molar-refractivity contribution in [3.05, 3.63) is 39.9 Å². The number of carbonyl (C=O) groups excluding carboxylic acids is 1. The molecule has 0 spiro atoms. The molecule has 186 valence electrons. The number of nitrogens with zero attached hydrogens (tertiary/aromatic N) is 2. The Hall–Kier alpha value is -2.69. The molecular weight excluding hydrogens is 458 g/mol. The molecule has 1 aromatic heterocycles. The van der Waals surface area contributed by atoms with Crippen LogP contribution in [0.15, 0.2) is 18.2 Å². The summed E-state index contributed by atoms with van der Waals surface area (Å²) >= 11 is 1.68. The molecule has 9 nitrogen and oxygen atoms in total. The molecule has 1 unspecified atom stereocenters. The monoisotopic (exact) mass is 491 g/mol. The Morgan fingerprint density at radius 3 is 2.68 bits per heavy atom. The van der Waals surface area contributed by atoms with Gasteiger partial charge < -0.3 is 30.0 Å². The number of thiazole rings is 1. The van der Waals surface area contributed by atoms with E-state index in [1.807, 2.05) is 0 Å². The molecule has 1 aromatic carbocycles. The third kappa shape index (κ3) is 7.15. The number of aliphatic carboxylic acids is 1. The fraction of sp³-hybridized carbons (Fsp3) is 0.542. The number of aryl methyl sites for hydroxylation is 2. The molecule has 10 heteroatoms. The second kappa shape index (κ2) is 12.1. The van der Waals surface area contributed by atoms with E-state index in [-0.39, 0.29) is 18.9 Å². The second-order valence-corrected chi connectivity index (χ2v) is 9.60. The van der Waals surface area contributed by atoms with Crippen molar-refractivity contribution in [2.75, 3.05) is 37.8 Å². The molecule has 2 aromatic rings. The van der Waals surface area contributed by atoms with Gasteiger partial charge in [0.05, 0.1) is 31.6 Å². The van der Waals surface area contributed by atoms with Crippen LogP contribution in [-0.2, 0) is 31.9 Å². The number of morpholine rings is 1. The van der Waals surface area contributed by atoms with Crippen LogP contribution in [0.3, 0.4) is 0 Å². The molecule has 0 bridgehead atoms. The average Bonchev–Trinajstić information content (AvgIpc) is 3.18. The lowest BCUT2D eigenvalue weighted by molar-refractivity contribution is -0.149. The maximum Gasteiger partial charge on any atom is 0.327 e. The maximum absolute atomic E-state index is 12.4. The van der Waals surface area contributed by atoms with Gasteiger partial charge in [-0.05, 0) is 50.5 Å². The van der Waals surface area contributed by atoms with Crippen LogP contribution in [0.5, 0.6) is 5.75 Å². The highest BCUT2D eigenvalue weighted by Crippen LogP contribution is 2.28. The van der Waals surface area contributed by atoms with Gasteiger partial charge in [-0.2, -0.15) is 0 Å². The average molecular weight is 492 g/mol. The van der Waals surface area contributed by atoms with Gasteiger partial charge in [-0.25, -0.2) is 9.78 Å². The topological polar surface area (TPSA) is 124 Å². The number of rotatable bonds is 11. The third-order valence-electron chi connectivity index (χ3n) is 5.44. The predicted molar refractivity (Wildman–Crippen MR) is 130 cm³/mol. The highest BCUT2D eigenvalue weighted by atomic mass is 32.1. The van der Waals surface area contributed by atoms with Crippen LogP contribution < -0.4 is 15.4 Å². The highest BCUT2D eigenvalue weighted by Gasteiger charge is 2.23. The molecule has 3 N–H and O–H groups in total. The van der Waals surface area contributed by atoms with Crippen LogP contribution in [0, 0.1) is 6.92 Å². The van der Waals surface area contributed by atoms with Crippen molar-refractivity contribution >= 4 is 28.4 Å². The first-order valence-corrected chi connectivity index (χ1v) is 12.3. The van der Waals surface area contributed by atoms with Gasteiger partial charge in [0.25, 0.3) is 0 Å². The molecule has 1 aliphatic heterocycles. The normalized spacial score (nSPS) is 14.8. The number of carboxylic acid groups (broad SMARTS) is 1. The van der Waals surface area contributed by atoms with Gasteiger partial charge in [0.15, 0.2) is 5.13 Å². The molecule has 0 radical (unpaired) electrons. The Balaban J connectivity index is 1.67. The highest BCUT2D eigenvalue weighted by molar-refractivity contribution is 7.15. The summed E-state index contributed by atoms with van der Waals surface area (Å²) in [5.74, 6) is -0.916. The zero-order chi connectivity index (χ0) is 24.7. The molecule has 0 aliphatic carbocycles. The minimum atomic E-state index is -1.02. The summed E-state index contributed by atoms with van der Waals surface area (Å²) < 4.78 is 16.6. The number of ether oxygens (including phenoxy) is 3. The van der Waals surface area contributed by atoms with E-state index in [2.05, 4.69) is 11.8 Å². The Morgan fingerprint density at radius 1 is 1.26 bits per heavy atom. The molecule has 1 saturated heterocycles. The number of anilines is 1. The van der Waals surface area contributed by atoms with Gasteiger partial charge >= 0.3 is 11.9 Å². The minimum absolute atomic E-state index is 0.0618. The van der Waals surface area contributed by atoms with Crippen LogP contribution >= 0.6 is 11.3 Å². The lowest BCUT2D eigenvalue weighted by atomic mass is 9.97. The molecule has 1 atom stereocenters. The third-order valence-corrected chi connectivity index (χ3v) is 6.51. The molecule has 1 fully saturated rings. The molecular formula is C24H33N3O6S. The van der Waals surface area contributed by atoms with E-state index in [0.717, 1.165) is 28.8 Å². The van der Waals surface area contributed by atoms with Gasteiger partial charge in [-0.15, -0.1) is 11.3 Å². The van der Waals surface area contributed by atoms with E-state index in [9.17, 15) is 9.59 Å². The number of hydrogen-bond donors (Lipinski definition) is 2. The Morgan fingerprint density at radius 2 is 2.00 bits per heavy atom. The van der Waals surface area contributed by atoms with E-state index in [1.165, 1.54) is 0 Å². The van der Waals surface area contributed by atoms with E-state index in [4.69, 9.17) is 30.0 Å². The number of carbonyl (C=O) groups is 2. The van der Waals surface area contributed by atoms with Crippen LogP contribution in [0.1, 0.15) is 48.0 Å². The fourth-order valence-electron chi connectivity index (χ4n) is 3.65. The van der Waals surface area contributed by atoms with E-state index < -0.39 is 18.0 Å². The number of nitrogens with two attached hydrogens (primary N) is 1.